The lowest BCUT2D eigenvalue weighted by atomic mass is 9.98. The molecule has 0 aliphatic carbocycles. The number of carboxylic acid groups (broad SMARTS) is 2. The second kappa shape index (κ2) is 32.5. The zero-order valence-corrected chi connectivity index (χ0v) is 44.3. The molecular weight excluding hydrogens is 1010 g/mol. The second-order valence-corrected chi connectivity index (χ2v) is 19.4. The number of rotatable bonds is 34. The fourth-order valence-electron chi connectivity index (χ4n) is 7.53. The average Bonchev–Trinajstić information content (AvgIpc) is 3.36. The van der Waals surface area contributed by atoms with E-state index in [9.17, 15) is 73.2 Å². The molecule has 2 aromatic carbocycles. The van der Waals surface area contributed by atoms with Gasteiger partial charge in [-0.15, -0.1) is 0 Å². The molecule has 9 atom stereocenters. The van der Waals surface area contributed by atoms with Crippen LogP contribution in [0, 0.1) is 17.8 Å². The third kappa shape index (κ3) is 23.3. The SMILES string of the molecule is CC[C@H](C)[C@H](N)C(=O)NCC(=O)N[C@@H](CC(=O)O)C(=O)N[C@@H](CCC(N)=O)C(=O)N[C@@H](Cc1ccc(O)cc1)C(=O)N[C@H](C(=O)N[C@@H](CCCCN)C(=O)N[C@H](C(=O)N[C@@H](Cc1ccc(O)cc1)C(=O)O)C(C)C)C(C)C. The third-order valence-corrected chi connectivity index (χ3v) is 12.4. The minimum absolute atomic E-state index is 0.0111. The van der Waals surface area contributed by atoms with E-state index in [0.29, 0.717) is 30.4 Å². The molecule has 18 N–H and O–H groups in total. The summed E-state index contributed by atoms with van der Waals surface area (Å²) in [5.74, 6) is -12.9. The molecule has 426 valence electrons. The molecule has 0 unspecified atom stereocenters. The molecule has 0 aliphatic rings. The first-order valence-electron chi connectivity index (χ1n) is 25.3. The molecule has 26 heteroatoms. The number of nitrogens with one attached hydrogen (secondary N) is 8. The van der Waals surface area contributed by atoms with E-state index >= 15 is 0 Å². The summed E-state index contributed by atoms with van der Waals surface area (Å²) in [5, 5.41) is 58.8. The Morgan fingerprint density at radius 2 is 0.961 bits per heavy atom. The van der Waals surface area contributed by atoms with Crippen LogP contribution in [0.1, 0.15) is 97.6 Å². The summed E-state index contributed by atoms with van der Waals surface area (Å²) in [4.78, 5) is 145. The molecule has 2 aromatic rings. The number of amides is 9. The molecule has 0 aromatic heterocycles. The topological polar surface area (TPSA) is 443 Å². The zero-order chi connectivity index (χ0) is 58.1. The van der Waals surface area contributed by atoms with Crippen molar-refractivity contribution in [3.8, 4) is 11.5 Å². The van der Waals surface area contributed by atoms with Gasteiger partial charge in [-0.3, -0.25) is 47.9 Å². The molecule has 0 saturated carbocycles. The van der Waals surface area contributed by atoms with Crippen LogP contribution in [0.15, 0.2) is 48.5 Å². The maximum atomic E-state index is 14.4. The lowest BCUT2D eigenvalue weighted by molar-refractivity contribution is -0.142. The molecule has 0 heterocycles. The lowest BCUT2D eigenvalue weighted by Crippen LogP contribution is -2.61. The van der Waals surface area contributed by atoms with Crippen molar-refractivity contribution in [3.05, 3.63) is 59.7 Å². The van der Waals surface area contributed by atoms with Gasteiger partial charge in [0.25, 0.3) is 0 Å². The number of hydrogen-bond donors (Lipinski definition) is 15. The number of carboxylic acids is 2. The summed E-state index contributed by atoms with van der Waals surface area (Å²) in [6.45, 7) is 9.45. The van der Waals surface area contributed by atoms with Crippen LogP contribution in [0.5, 0.6) is 11.5 Å². The highest BCUT2D eigenvalue weighted by Gasteiger charge is 2.36. The number of phenolic OH excluding ortho intramolecular Hbond substituents is 2. The van der Waals surface area contributed by atoms with E-state index < -0.39 is 151 Å². The number of unbranched alkanes of at least 4 members (excludes halogenated alkanes) is 1. The summed E-state index contributed by atoms with van der Waals surface area (Å²) in [7, 11) is 0. The third-order valence-electron chi connectivity index (χ3n) is 12.4. The van der Waals surface area contributed by atoms with Crippen molar-refractivity contribution in [3.63, 3.8) is 0 Å². The molecule has 0 saturated heterocycles. The summed E-state index contributed by atoms with van der Waals surface area (Å²) in [6, 6.07) is -0.321. The molecule has 77 heavy (non-hydrogen) atoms. The van der Waals surface area contributed by atoms with Gasteiger partial charge in [0.15, 0.2) is 0 Å². The number of primary amides is 1. The van der Waals surface area contributed by atoms with Crippen molar-refractivity contribution in [1.29, 1.82) is 0 Å². The van der Waals surface area contributed by atoms with Gasteiger partial charge in [-0.05, 0) is 85.4 Å². The molecule has 0 aliphatic heterocycles. The van der Waals surface area contributed by atoms with Crippen molar-refractivity contribution < 1.29 is 73.2 Å². The Morgan fingerprint density at radius 1 is 0.532 bits per heavy atom. The molecule has 0 fully saturated rings. The average molecular weight is 1080 g/mol. The van der Waals surface area contributed by atoms with E-state index in [-0.39, 0.29) is 43.2 Å². The molecular formula is C51H77N11O15. The van der Waals surface area contributed by atoms with Gasteiger partial charge in [0.2, 0.25) is 53.2 Å². The highest BCUT2D eigenvalue weighted by molar-refractivity contribution is 5.98. The van der Waals surface area contributed by atoms with Crippen LogP contribution < -0.4 is 59.7 Å². The molecule has 26 nitrogen and oxygen atoms in total. The monoisotopic (exact) mass is 1080 g/mol. The van der Waals surface area contributed by atoms with Gasteiger partial charge in [0, 0.05) is 19.3 Å². The van der Waals surface area contributed by atoms with Crippen molar-refractivity contribution >= 4 is 65.1 Å². The van der Waals surface area contributed by atoms with Crippen LogP contribution in [0.2, 0.25) is 0 Å². The Bertz CT molecular complexity index is 2350. The largest absolute Gasteiger partial charge is 0.508 e. The summed E-state index contributed by atoms with van der Waals surface area (Å²) in [5.41, 5.74) is 17.9. The molecule has 9 amide bonds. The van der Waals surface area contributed by atoms with Crippen LogP contribution in [0.25, 0.3) is 0 Å². The first kappa shape index (κ1) is 65.2. The Labute approximate surface area is 446 Å². The zero-order valence-electron chi connectivity index (χ0n) is 44.3. The molecule has 0 bridgehead atoms. The van der Waals surface area contributed by atoms with Crippen molar-refractivity contribution in [1.82, 2.24) is 42.5 Å². The van der Waals surface area contributed by atoms with Crippen LogP contribution in [-0.2, 0) is 65.6 Å². The van der Waals surface area contributed by atoms with Gasteiger partial charge in [-0.25, -0.2) is 4.79 Å². The van der Waals surface area contributed by atoms with E-state index in [1.54, 1.807) is 34.6 Å². The molecule has 0 radical (unpaired) electrons. The van der Waals surface area contributed by atoms with Gasteiger partial charge < -0.3 is 80.2 Å². The van der Waals surface area contributed by atoms with Crippen LogP contribution >= 0.6 is 0 Å². The number of carbonyl (C=O) groups excluding carboxylic acids is 9. The number of hydrogen-bond acceptors (Lipinski definition) is 15. The van der Waals surface area contributed by atoms with Gasteiger partial charge >= 0.3 is 11.9 Å². The van der Waals surface area contributed by atoms with Crippen LogP contribution in [-0.4, -0.2) is 147 Å². The first-order chi connectivity index (χ1) is 36.2. The van der Waals surface area contributed by atoms with Crippen LogP contribution in [0.3, 0.4) is 0 Å². The normalized spacial score (nSPS) is 14.6. The van der Waals surface area contributed by atoms with Crippen molar-refractivity contribution in [2.75, 3.05) is 13.1 Å². The van der Waals surface area contributed by atoms with E-state index in [2.05, 4.69) is 42.5 Å². The van der Waals surface area contributed by atoms with Gasteiger partial charge in [0.05, 0.1) is 19.0 Å². The number of aromatic hydroxyl groups is 2. The predicted molar refractivity (Wildman–Crippen MR) is 278 cm³/mol. The minimum atomic E-state index is -1.83. The first-order valence-corrected chi connectivity index (χ1v) is 25.3. The summed E-state index contributed by atoms with van der Waals surface area (Å²) >= 11 is 0. The number of nitrogens with two attached hydrogens (primary N) is 3. The second-order valence-electron chi connectivity index (χ2n) is 19.4. The van der Waals surface area contributed by atoms with Gasteiger partial charge in [0.1, 0.15) is 53.8 Å². The Hall–Kier alpha value is -7.87. The Balaban J connectivity index is 2.43. The highest BCUT2D eigenvalue weighted by Crippen LogP contribution is 2.16. The molecule has 0 spiro atoms. The minimum Gasteiger partial charge on any atom is -0.508 e. The van der Waals surface area contributed by atoms with Crippen molar-refractivity contribution in [2.24, 2.45) is 35.0 Å². The quantitative estimate of drug-likeness (QED) is 0.0338. The molecule has 2 rings (SSSR count). The maximum Gasteiger partial charge on any atom is 0.326 e. The van der Waals surface area contributed by atoms with Gasteiger partial charge in [-0.2, -0.15) is 0 Å². The summed E-state index contributed by atoms with van der Waals surface area (Å²) in [6.07, 6.45) is -1.12. The number of carbonyl (C=O) groups is 11. The smallest absolute Gasteiger partial charge is 0.326 e. The van der Waals surface area contributed by atoms with E-state index in [4.69, 9.17) is 17.2 Å². The fraction of sp³-hybridized carbons (Fsp3) is 0.549. The van der Waals surface area contributed by atoms with E-state index in [1.807, 2.05) is 6.92 Å². The number of benzene rings is 2. The van der Waals surface area contributed by atoms with E-state index in [0.717, 1.165) is 0 Å². The maximum absolute atomic E-state index is 14.4. The fourth-order valence-corrected chi connectivity index (χ4v) is 7.53. The summed E-state index contributed by atoms with van der Waals surface area (Å²) < 4.78 is 0. The van der Waals surface area contributed by atoms with Crippen LogP contribution in [0.4, 0.5) is 0 Å². The number of aliphatic carboxylic acids is 2. The predicted octanol–water partition coefficient (Wildman–Crippen LogP) is -1.97. The Kier molecular flexibility index (Phi) is 27.6. The standard InChI is InChI=1S/C51H77N11O15/c1-7-28(6)41(54)48(73)55-25-39(66)56-36(24-40(67)68)46(71)57-34(19-20-38(53)65)44(69)59-35(22-29-11-15-31(63)16-12-29)47(72)62-42(26(2)3)49(74)58-33(10-8-9-21-52)45(70)61-43(27(4)5)50(75)60-37(51(76)77)23-30-13-17-32(64)18-14-30/h11-18,26-28,33-37,41-43,63-64H,7-10,19-25,52,54H2,1-6H3,(H2,53,65)(H,55,73)(H,56,66)(H,57,71)(H,58,74)(H,59,69)(H,60,75)(H,61,70)(H,62,72)(H,67,68)(H,76,77)/t28-,33-,34-,35-,36-,37-,41-,42-,43-/m0/s1. The van der Waals surface area contributed by atoms with Crippen molar-refractivity contribution in [2.45, 2.75) is 148 Å². The van der Waals surface area contributed by atoms with Gasteiger partial charge in [-0.1, -0.05) is 72.2 Å². The lowest BCUT2D eigenvalue weighted by Gasteiger charge is -2.29. The Morgan fingerprint density at radius 3 is 1.42 bits per heavy atom. The number of phenols is 2. The van der Waals surface area contributed by atoms with E-state index in [1.165, 1.54) is 48.5 Å². The highest BCUT2D eigenvalue weighted by atomic mass is 16.4.